The average Bonchev–Trinajstić information content (AvgIpc) is 2.29. The fourth-order valence-corrected chi connectivity index (χ4v) is 3.91. The summed E-state index contributed by atoms with van der Waals surface area (Å²) in [6, 6.07) is 0.788. The van der Waals surface area contributed by atoms with Crippen molar-refractivity contribution in [2.45, 2.75) is 52.0 Å². The third kappa shape index (κ3) is 1.32. The zero-order chi connectivity index (χ0) is 9.47. The van der Waals surface area contributed by atoms with Gasteiger partial charge in [-0.15, -0.1) is 0 Å². The van der Waals surface area contributed by atoms with Gasteiger partial charge in [0.2, 0.25) is 0 Å². The van der Waals surface area contributed by atoms with Crippen molar-refractivity contribution in [3.63, 3.8) is 0 Å². The lowest BCUT2D eigenvalue weighted by Crippen LogP contribution is -2.62. The van der Waals surface area contributed by atoms with Gasteiger partial charge in [0.05, 0.1) is 0 Å². The molecule has 3 unspecified atom stereocenters. The number of fused-ring (bicyclic) bond motifs is 1. The quantitative estimate of drug-likeness (QED) is 0.656. The fraction of sp³-hybridized carbons (Fsp3) is 1.00. The zero-order valence-electron chi connectivity index (χ0n) is 9.27. The smallest absolute Gasteiger partial charge is 0.0149 e. The Balaban J connectivity index is 2.09. The van der Waals surface area contributed by atoms with Gasteiger partial charge in [0.15, 0.2) is 0 Å². The molecule has 13 heavy (non-hydrogen) atoms. The molecule has 2 aliphatic rings. The lowest BCUT2D eigenvalue weighted by molar-refractivity contribution is -0.0628. The molecule has 2 saturated carbocycles. The number of hydrogen-bond acceptors (Lipinski definition) is 1. The van der Waals surface area contributed by atoms with Crippen LogP contribution in [0.4, 0.5) is 0 Å². The van der Waals surface area contributed by atoms with E-state index in [1.807, 2.05) is 0 Å². The largest absolute Gasteiger partial charge is 0.316 e. The van der Waals surface area contributed by atoms with Gasteiger partial charge in [0, 0.05) is 6.04 Å². The minimum atomic E-state index is 0.559. The van der Waals surface area contributed by atoms with E-state index in [0.29, 0.717) is 5.41 Å². The van der Waals surface area contributed by atoms with Crippen molar-refractivity contribution in [1.82, 2.24) is 5.32 Å². The molecule has 2 rings (SSSR count). The molecule has 0 saturated heterocycles. The summed E-state index contributed by atoms with van der Waals surface area (Å²) in [7, 11) is 2.13. The highest BCUT2D eigenvalue weighted by molar-refractivity contribution is 5.07. The van der Waals surface area contributed by atoms with Crippen LogP contribution >= 0.6 is 0 Å². The van der Waals surface area contributed by atoms with Crippen molar-refractivity contribution in [1.29, 1.82) is 0 Å². The van der Waals surface area contributed by atoms with Crippen LogP contribution in [0.5, 0.6) is 0 Å². The molecule has 0 bridgehead atoms. The van der Waals surface area contributed by atoms with Gasteiger partial charge in [-0.1, -0.05) is 33.1 Å². The van der Waals surface area contributed by atoms with E-state index in [2.05, 4.69) is 26.2 Å². The van der Waals surface area contributed by atoms with Gasteiger partial charge in [-0.05, 0) is 37.1 Å². The molecule has 0 radical (unpaired) electrons. The van der Waals surface area contributed by atoms with E-state index in [1.165, 1.54) is 32.1 Å². The van der Waals surface area contributed by atoms with Gasteiger partial charge in [0.25, 0.3) is 0 Å². The Labute approximate surface area is 82.3 Å². The first kappa shape index (κ1) is 9.51. The minimum Gasteiger partial charge on any atom is -0.316 e. The maximum absolute atomic E-state index is 3.52. The Morgan fingerprint density at radius 2 is 1.77 bits per heavy atom. The summed E-state index contributed by atoms with van der Waals surface area (Å²) in [5.74, 6) is 2.00. The SMILES string of the molecule is CNC1C2CCCCCC2C1(C)C. The molecule has 1 N–H and O–H groups in total. The highest BCUT2D eigenvalue weighted by atomic mass is 14.9. The van der Waals surface area contributed by atoms with Crippen molar-refractivity contribution in [2.75, 3.05) is 7.05 Å². The molecule has 76 valence electrons. The van der Waals surface area contributed by atoms with Crippen LogP contribution in [-0.4, -0.2) is 13.1 Å². The highest BCUT2D eigenvalue weighted by Crippen LogP contribution is 2.55. The second-order valence-electron chi connectivity index (χ2n) is 5.50. The van der Waals surface area contributed by atoms with E-state index in [9.17, 15) is 0 Å². The van der Waals surface area contributed by atoms with E-state index >= 15 is 0 Å². The zero-order valence-corrected chi connectivity index (χ0v) is 9.27. The second-order valence-corrected chi connectivity index (χ2v) is 5.50. The first-order valence-electron chi connectivity index (χ1n) is 5.85. The molecule has 2 fully saturated rings. The van der Waals surface area contributed by atoms with E-state index in [1.54, 1.807) is 0 Å². The summed E-state index contributed by atoms with van der Waals surface area (Å²) in [5.41, 5.74) is 0.559. The van der Waals surface area contributed by atoms with Crippen LogP contribution in [0.25, 0.3) is 0 Å². The molecule has 0 heterocycles. The summed E-state index contributed by atoms with van der Waals surface area (Å²) in [4.78, 5) is 0. The lowest BCUT2D eigenvalue weighted by atomic mass is 9.50. The van der Waals surface area contributed by atoms with Crippen molar-refractivity contribution in [3.05, 3.63) is 0 Å². The van der Waals surface area contributed by atoms with Crippen molar-refractivity contribution >= 4 is 0 Å². The average molecular weight is 181 g/mol. The van der Waals surface area contributed by atoms with Crippen LogP contribution in [0.1, 0.15) is 46.0 Å². The summed E-state index contributed by atoms with van der Waals surface area (Å²) >= 11 is 0. The summed E-state index contributed by atoms with van der Waals surface area (Å²) in [6.07, 6.45) is 7.37. The lowest BCUT2D eigenvalue weighted by Gasteiger charge is -2.58. The normalized spacial score (nSPS) is 43.2. The third-order valence-corrected chi connectivity index (χ3v) is 4.57. The summed E-state index contributed by atoms with van der Waals surface area (Å²) in [5, 5.41) is 3.52. The molecule has 0 amide bonds. The first-order valence-corrected chi connectivity index (χ1v) is 5.85. The molecule has 0 spiro atoms. The Bertz CT molecular complexity index is 186. The van der Waals surface area contributed by atoms with Gasteiger partial charge in [-0.3, -0.25) is 0 Å². The third-order valence-electron chi connectivity index (χ3n) is 4.57. The molecular formula is C12H23N. The topological polar surface area (TPSA) is 12.0 Å². The standard InChI is InChI=1S/C12H23N/c1-12(2)10-8-6-4-5-7-9(10)11(12)13-3/h9-11,13H,4-8H2,1-3H3. The summed E-state index contributed by atoms with van der Waals surface area (Å²) in [6.45, 7) is 4.89. The molecule has 1 nitrogen and oxygen atoms in total. The molecule has 1 heteroatoms. The maximum atomic E-state index is 3.52. The van der Waals surface area contributed by atoms with Crippen LogP contribution in [0.2, 0.25) is 0 Å². The molecular weight excluding hydrogens is 158 g/mol. The van der Waals surface area contributed by atoms with E-state index < -0.39 is 0 Å². The predicted octanol–water partition coefficient (Wildman–Crippen LogP) is 2.81. The van der Waals surface area contributed by atoms with E-state index in [0.717, 1.165) is 17.9 Å². The Kier molecular flexibility index (Phi) is 2.39. The van der Waals surface area contributed by atoms with Crippen molar-refractivity contribution in [3.8, 4) is 0 Å². The molecule has 2 aliphatic carbocycles. The van der Waals surface area contributed by atoms with Gasteiger partial charge in [-0.25, -0.2) is 0 Å². The van der Waals surface area contributed by atoms with Crippen molar-refractivity contribution in [2.24, 2.45) is 17.3 Å². The highest BCUT2D eigenvalue weighted by Gasteiger charge is 2.54. The minimum absolute atomic E-state index is 0.559. The maximum Gasteiger partial charge on any atom is 0.0149 e. The molecule has 3 atom stereocenters. The predicted molar refractivity (Wildman–Crippen MR) is 56.7 cm³/mol. The first-order chi connectivity index (χ1) is 6.18. The van der Waals surface area contributed by atoms with Gasteiger partial charge >= 0.3 is 0 Å². The van der Waals surface area contributed by atoms with Crippen molar-refractivity contribution < 1.29 is 0 Å². The molecule has 0 aromatic heterocycles. The number of hydrogen-bond donors (Lipinski definition) is 1. The molecule has 0 aromatic carbocycles. The Morgan fingerprint density at radius 1 is 1.08 bits per heavy atom. The van der Waals surface area contributed by atoms with E-state index in [4.69, 9.17) is 0 Å². The van der Waals surface area contributed by atoms with Crippen LogP contribution < -0.4 is 5.32 Å². The Morgan fingerprint density at radius 3 is 2.46 bits per heavy atom. The van der Waals surface area contributed by atoms with Crippen LogP contribution in [-0.2, 0) is 0 Å². The van der Waals surface area contributed by atoms with Crippen LogP contribution in [0.15, 0.2) is 0 Å². The number of rotatable bonds is 1. The van der Waals surface area contributed by atoms with Crippen LogP contribution in [0, 0.1) is 17.3 Å². The van der Waals surface area contributed by atoms with Gasteiger partial charge in [0.1, 0.15) is 0 Å². The Hall–Kier alpha value is -0.0400. The molecule has 0 aromatic rings. The van der Waals surface area contributed by atoms with Gasteiger partial charge < -0.3 is 5.32 Å². The number of nitrogens with one attached hydrogen (secondary N) is 1. The monoisotopic (exact) mass is 181 g/mol. The second kappa shape index (κ2) is 3.27. The summed E-state index contributed by atoms with van der Waals surface area (Å²) < 4.78 is 0. The van der Waals surface area contributed by atoms with Crippen LogP contribution in [0.3, 0.4) is 0 Å². The molecule has 0 aliphatic heterocycles. The van der Waals surface area contributed by atoms with E-state index in [-0.39, 0.29) is 0 Å². The fourth-order valence-electron chi connectivity index (χ4n) is 3.91. The van der Waals surface area contributed by atoms with Gasteiger partial charge in [-0.2, -0.15) is 0 Å².